The summed E-state index contributed by atoms with van der Waals surface area (Å²) in [7, 11) is -3.52. The lowest BCUT2D eigenvalue weighted by Crippen LogP contribution is -2.31. The van der Waals surface area contributed by atoms with Gasteiger partial charge in [0.2, 0.25) is 10.0 Å². The SMILES string of the molecule is O=C(Nc1ccc(S(=O)(=O)N2CCCCCC2)cc1)c1cn(-c2ccccc2)nn1. The number of benzene rings is 2. The van der Waals surface area contributed by atoms with Crippen LogP contribution >= 0.6 is 0 Å². The molecule has 3 aromatic rings. The van der Waals surface area contributed by atoms with Crippen LogP contribution in [0.2, 0.25) is 0 Å². The second kappa shape index (κ2) is 8.76. The summed E-state index contributed by atoms with van der Waals surface area (Å²) in [5.74, 6) is -0.416. The highest BCUT2D eigenvalue weighted by Gasteiger charge is 2.25. The molecule has 156 valence electrons. The zero-order chi connectivity index (χ0) is 21.0. The Labute approximate surface area is 175 Å². The number of hydrogen-bond acceptors (Lipinski definition) is 5. The summed E-state index contributed by atoms with van der Waals surface area (Å²) < 4.78 is 28.8. The molecule has 30 heavy (non-hydrogen) atoms. The minimum atomic E-state index is -3.52. The summed E-state index contributed by atoms with van der Waals surface area (Å²) in [5.41, 5.74) is 1.45. The van der Waals surface area contributed by atoms with Crippen LogP contribution in [0.3, 0.4) is 0 Å². The maximum Gasteiger partial charge on any atom is 0.277 e. The van der Waals surface area contributed by atoms with E-state index in [0.29, 0.717) is 18.8 Å². The van der Waals surface area contributed by atoms with Crippen LogP contribution in [0.4, 0.5) is 5.69 Å². The van der Waals surface area contributed by atoms with Gasteiger partial charge in [0.15, 0.2) is 5.69 Å². The van der Waals surface area contributed by atoms with Crippen molar-refractivity contribution in [1.82, 2.24) is 19.3 Å². The molecule has 0 atom stereocenters. The molecule has 9 heteroatoms. The molecule has 1 amide bonds. The van der Waals surface area contributed by atoms with Crippen LogP contribution in [0.15, 0.2) is 65.7 Å². The minimum absolute atomic E-state index is 0.167. The lowest BCUT2D eigenvalue weighted by Gasteiger charge is -2.20. The van der Waals surface area contributed by atoms with Crippen LogP contribution in [0.25, 0.3) is 5.69 Å². The van der Waals surface area contributed by atoms with Gasteiger partial charge in [0.25, 0.3) is 5.91 Å². The number of carbonyl (C=O) groups excluding carboxylic acids is 1. The Morgan fingerprint density at radius 3 is 2.23 bits per heavy atom. The first-order valence-corrected chi connectivity index (χ1v) is 11.4. The predicted octanol–water partition coefficient (Wildman–Crippen LogP) is 3.08. The Morgan fingerprint density at radius 2 is 1.57 bits per heavy atom. The quantitative estimate of drug-likeness (QED) is 0.678. The third-order valence-electron chi connectivity index (χ3n) is 5.06. The summed E-state index contributed by atoms with van der Waals surface area (Å²) in [6.07, 6.45) is 5.44. The van der Waals surface area contributed by atoms with Crippen LogP contribution in [-0.4, -0.2) is 46.7 Å². The van der Waals surface area contributed by atoms with Gasteiger partial charge in [-0.15, -0.1) is 5.10 Å². The Bertz CT molecular complexity index is 1100. The van der Waals surface area contributed by atoms with E-state index in [1.165, 1.54) is 16.8 Å². The summed E-state index contributed by atoms with van der Waals surface area (Å²) in [6, 6.07) is 15.6. The van der Waals surface area contributed by atoms with Gasteiger partial charge in [0.1, 0.15) is 0 Å². The molecule has 8 nitrogen and oxygen atoms in total. The molecule has 2 aromatic carbocycles. The average Bonchev–Trinajstić information content (AvgIpc) is 3.10. The summed E-state index contributed by atoms with van der Waals surface area (Å²) in [6.45, 7) is 1.11. The zero-order valence-corrected chi connectivity index (χ0v) is 17.3. The zero-order valence-electron chi connectivity index (χ0n) is 16.4. The molecular formula is C21H23N5O3S. The number of carbonyl (C=O) groups is 1. The number of amides is 1. The molecule has 0 aliphatic carbocycles. The van der Waals surface area contributed by atoms with Gasteiger partial charge in [-0.25, -0.2) is 13.1 Å². The fourth-order valence-corrected chi connectivity index (χ4v) is 4.93. The van der Waals surface area contributed by atoms with E-state index < -0.39 is 15.9 Å². The van der Waals surface area contributed by atoms with Crippen molar-refractivity contribution in [3.8, 4) is 5.69 Å². The standard InChI is InChI=1S/C21H23N5O3S/c27-21(20-16-26(24-23-20)18-8-4-3-5-9-18)22-17-10-12-19(13-11-17)30(28,29)25-14-6-1-2-7-15-25/h3-5,8-13,16H,1-2,6-7,14-15H2,(H,22,27). The van der Waals surface area contributed by atoms with Crippen molar-refractivity contribution < 1.29 is 13.2 Å². The second-order valence-electron chi connectivity index (χ2n) is 7.18. The Hall–Kier alpha value is -3.04. The Balaban J connectivity index is 1.44. The number of rotatable bonds is 5. The monoisotopic (exact) mass is 425 g/mol. The Kier molecular flexibility index (Phi) is 5.91. The van der Waals surface area contributed by atoms with Crippen molar-refractivity contribution in [3.63, 3.8) is 0 Å². The van der Waals surface area contributed by atoms with Gasteiger partial charge in [-0.3, -0.25) is 4.79 Å². The summed E-state index contributed by atoms with van der Waals surface area (Å²) in [5, 5.41) is 10.6. The largest absolute Gasteiger partial charge is 0.321 e. The van der Waals surface area contributed by atoms with Gasteiger partial charge in [-0.2, -0.15) is 4.31 Å². The van der Waals surface area contributed by atoms with E-state index in [9.17, 15) is 13.2 Å². The van der Waals surface area contributed by atoms with Crippen LogP contribution in [0, 0.1) is 0 Å². The van der Waals surface area contributed by atoms with Crippen LogP contribution < -0.4 is 5.32 Å². The molecule has 1 aromatic heterocycles. The highest BCUT2D eigenvalue weighted by Crippen LogP contribution is 2.22. The van der Waals surface area contributed by atoms with E-state index in [2.05, 4.69) is 15.6 Å². The number of nitrogens with one attached hydrogen (secondary N) is 1. The van der Waals surface area contributed by atoms with Crippen LogP contribution in [0.5, 0.6) is 0 Å². The summed E-state index contributed by atoms with van der Waals surface area (Å²) >= 11 is 0. The van der Waals surface area contributed by atoms with Gasteiger partial charge in [0, 0.05) is 18.8 Å². The van der Waals surface area contributed by atoms with Gasteiger partial charge >= 0.3 is 0 Å². The van der Waals surface area contributed by atoms with E-state index in [-0.39, 0.29) is 10.6 Å². The van der Waals surface area contributed by atoms with Gasteiger partial charge in [0.05, 0.1) is 16.8 Å². The highest BCUT2D eigenvalue weighted by atomic mass is 32.2. The molecule has 1 aliphatic heterocycles. The maximum atomic E-state index is 12.9. The third-order valence-corrected chi connectivity index (χ3v) is 6.97. The van der Waals surface area contributed by atoms with Gasteiger partial charge in [-0.05, 0) is 49.2 Å². The highest BCUT2D eigenvalue weighted by molar-refractivity contribution is 7.89. The number of nitrogens with zero attached hydrogens (tertiary/aromatic N) is 4. The molecule has 0 saturated carbocycles. The van der Waals surface area contributed by atoms with E-state index in [1.807, 2.05) is 30.3 Å². The first kappa shape index (κ1) is 20.2. The number of anilines is 1. The first-order chi connectivity index (χ1) is 14.5. The normalized spacial score (nSPS) is 15.5. The Morgan fingerprint density at radius 1 is 0.900 bits per heavy atom. The molecule has 0 bridgehead atoms. The molecule has 4 rings (SSSR count). The molecule has 2 heterocycles. The smallest absolute Gasteiger partial charge is 0.277 e. The van der Waals surface area contributed by atoms with Crippen molar-refractivity contribution >= 4 is 21.6 Å². The van der Waals surface area contributed by atoms with E-state index in [0.717, 1.165) is 31.4 Å². The number of hydrogen-bond donors (Lipinski definition) is 1. The van der Waals surface area contributed by atoms with Crippen molar-refractivity contribution in [2.45, 2.75) is 30.6 Å². The fourth-order valence-electron chi connectivity index (χ4n) is 3.41. The van der Waals surface area contributed by atoms with Crippen molar-refractivity contribution in [3.05, 3.63) is 66.5 Å². The second-order valence-corrected chi connectivity index (χ2v) is 9.12. The van der Waals surface area contributed by atoms with Crippen molar-refractivity contribution in [1.29, 1.82) is 0 Å². The number of aromatic nitrogens is 3. The molecule has 0 radical (unpaired) electrons. The van der Waals surface area contributed by atoms with Gasteiger partial charge in [-0.1, -0.05) is 36.3 Å². The average molecular weight is 426 g/mol. The predicted molar refractivity (Wildman–Crippen MR) is 113 cm³/mol. The molecular weight excluding hydrogens is 402 g/mol. The maximum absolute atomic E-state index is 12.9. The van der Waals surface area contributed by atoms with E-state index >= 15 is 0 Å². The third kappa shape index (κ3) is 4.42. The molecule has 1 aliphatic rings. The van der Waals surface area contributed by atoms with Crippen molar-refractivity contribution in [2.75, 3.05) is 18.4 Å². The molecule has 1 N–H and O–H groups in total. The molecule has 0 unspecified atom stereocenters. The van der Waals surface area contributed by atoms with E-state index in [1.54, 1.807) is 22.6 Å². The topological polar surface area (TPSA) is 97.2 Å². The van der Waals surface area contributed by atoms with Crippen LogP contribution in [0.1, 0.15) is 36.2 Å². The summed E-state index contributed by atoms with van der Waals surface area (Å²) in [4.78, 5) is 12.7. The lowest BCUT2D eigenvalue weighted by molar-refractivity contribution is 0.102. The molecule has 0 spiro atoms. The lowest BCUT2D eigenvalue weighted by atomic mass is 10.2. The fraction of sp³-hybridized carbons (Fsp3) is 0.286. The number of sulfonamides is 1. The minimum Gasteiger partial charge on any atom is -0.321 e. The van der Waals surface area contributed by atoms with Gasteiger partial charge < -0.3 is 5.32 Å². The van der Waals surface area contributed by atoms with Crippen molar-refractivity contribution in [2.24, 2.45) is 0 Å². The molecule has 1 fully saturated rings. The number of para-hydroxylation sites is 1. The van der Waals surface area contributed by atoms with Crippen LogP contribution in [-0.2, 0) is 10.0 Å². The van der Waals surface area contributed by atoms with E-state index in [4.69, 9.17) is 0 Å². The first-order valence-electron chi connectivity index (χ1n) is 9.93. The molecule has 1 saturated heterocycles.